The normalized spacial score (nSPS) is 10.5. The SMILES string of the molecule is c1ccc(-c2ccnc3ncccc23)cc1. The molecule has 0 spiro atoms. The van der Waals surface area contributed by atoms with Crippen molar-refractivity contribution in [2.75, 3.05) is 0 Å². The molecular formula is C14H10N2. The highest BCUT2D eigenvalue weighted by Crippen LogP contribution is 2.25. The molecule has 0 saturated heterocycles. The summed E-state index contributed by atoms with van der Waals surface area (Å²) < 4.78 is 0. The molecule has 0 saturated carbocycles. The minimum atomic E-state index is 0.795. The van der Waals surface area contributed by atoms with E-state index >= 15 is 0 Å². The third kappa shape index (κ3) is 1.44. The van der Waals surface area contributed by atoms with Crippen molar-refractivity contribution in [3.8, 4) is 11.1 Å². The van der Waals surface area contributed by atoms with E-state index in [2.05, 4.69) is 28.2 Å². The summed E-state index contributed by atoms with van der Waals surface area (Å²) in [5, 5.41) is 1.09. The van der Waals surface area contributed by atoms with Gasteiger partial charge in [0.15, 0.2) is 5.65 Å². The van der Waals surface area contributed by atoms with Crippen LogP contribution in [0.15, 0.2) is 60.9 Å². The number of rotatable bonds is 1. The van der Waals surface area contributed by atoms with E-state index in [0.717, 1.165) is 11.0 Å². The summed E-state index contributed by atoms with van der Waals surface area (Å²) >= 11 is 0. The molecule has 2 aromatic heterocycles. The summed E-state index contributed by atoms with van der Waals surface area (Å²) in [5.41, 5.74) is 3.17. The number of aromatic nitrogens is 2. The third-order valence-electron chi connectivity index (χ3n) is 2.60. The summed E-state index contributed by atoms with van der Waals surface area (Å²) in [6.45, 7) is 0. The van der Waals surface area contributed by atoms with Gasteiger partial charge in [-0.05, 0) is 29.3 Å². The number of nitrogens with zero attached hydrogens (tertiary/aromatic N) is 2. The molecule has 0 fully saturated rings. The molecule has 0 atom stereocenters. The molecule has 1 aromatic carbocycles. The molecule has 2 heteroatoms. The zero-order chi connectivity index (χ0) is 10.8. The van der Waals surface area contributed by atoms with Gasteiger partial charge in [-0.3, -0.25) is 0 Å². The second kappa shape index (κ2) is 3.74. The zero-order valence-electron chi connectivity index (χ0n) is 8.67. The second-order valence-electron chi connectivity index (χ2n) is 3.60. The maximum atomic E-state index is 4.26. The van der Waals surface area contributed by atoms with Gasteiger partial charge < -0.3 is 0 Å². The van der Waals surface area contributed by atoms with Gasteiger partial charge >= 0.3 is 0 Å². The number of hydrogen-bond acceptors (Lipinski definition) is 2. The van der Waals surface area contributed by atoms with Crippen molar-refractivity contribution in [3.63, 3.8) is 0 Å². The standard InChI is InChI=1S/C14H10N2/c1-2-5-11(6-3-1)12-8-10-16-14-13(12)7-4-9-15-14/h1-10H. The van der Waals surface area contributed by atoms with Gasteiger partial charge in [-0.15, -0.1) is 0 Å². The minimum absolute atomic E-state index is 0.795. The fourth-order valence-electron chi connectivity index (χ4n) is 1.85. The first-order chi connectivity index (χ1) is 7.95. The molecule has 0 unspecified atom stereocenters. The lowest BCUT2D eigenvalue weighted by atomic mass is 10.0. The first-order valence-electron chi connectivity index (χ1n) is 5.20. The van der Waals surface area contributed by atoms with Gasteiger partial charge in [0.25, 0.3) is 0 Å². The van der Waals surface area contributed by atoms with Gasteiger partial charge in [0, 0.05) is 17.8 Å². The van der Waals surface area contributed by atoms with Crippen molar-refractivity contribution in [1.82, 2.24) is 9.97 Å². The molecular weight excluding hydrogens is 196 g/mol. The van der Waals surface area contributed by atoms with Gasteiger partial charge in [-0.1, -0.05) is 30.3 Å². The van der Waals surface area contributed by atoms with Crippen LogP contribution in [0.4, 0.5) is 0 Å². The van der Waals surface area contributed by atoms with Gasteiger partial charge in [0.05, 0.1) is 0 Å². The molecule has 0 bridgehead atoms. The lowest BCUT2D eigenvalue weighted by Gasteiger charge is -2.04. The van der Waals surface area contributed by atoms with Crippen LogP contribution in [0.5, 0.6) is 0 Å². The Morgan fingerprint density at radius 3 is 2.38 bits per heavy atom. The van der Waals surface area contributed by atoms with Gasteiger partial charge in [-0.25, -0.2) is 9.97 Å². The average Bonchev–Trinajstić information content (AvgIpc) is 2.39. The summed E-state index contributed by atoms with van der Waals surface area (Å²) in [6.07, 6.45) is 3.57. The van der Waals surface area contributed by atoms with Gasteiger partial charge in [0.1, 0.15) is 0 Å². The summed E-state index contributed by atoms with van der Waals surface area (Å²) in [6, 6.07) is 16.3. The average molecular weight is 206 g/mol. The number of pyridine rings is 2. The second-order valence-corrected chi connectivity index (χ2v) is 3.60. The van der Waals surface area contributed by atoms with Gasteiger partial charge in [0.2, 0.25) is 0 Å². The molecule has 76 valence electrons. The summed E-state index contributed by atoms with van der Waals surface area (Å²) in [5.74, 6) is 0. The highest BCUT2D eigenvalue weighted by atomic mass is 14.8. The summed E-state index contributed by atoms with van der Waals surface area (Å²) in [7, 11) is 0. The van der Waals surface area contributed by atoms with Crippen molar-refractivity contribution >= 4 is 11.0 Å². The smallest absolute Gasteiger partial charge is 0.159 e. The van der Waals surface area contributed by atoms with Crippen LogP contribution in [0.1, 0.15) is 0 Å². The van der Waals surface area contributed by atoms with Crippen LogP contribution in [-0.4, -0.2) is 9.97 Å². The molecule has 0 amide bonds. The van der Waals surface area contributed by atoms with Crippen LogP contribution >= 0.6 is 0 Å². The number of benzene rings is 1. The molecule has 2 nitrogen and oxygen atoms in total. The van der Waals surface area contributed by atoms with Crippen LogP contribution in [0.2, 0.25) is 0 Å². The Bertz CT molecular complexity index is 612. The third-order valence-corrected chi connectivity index (χ3v) is 2.60. The zero-order valence-corrected chi connectivity index (χ0v) is 8.67. The van der Waals surface area contributed by atoms with Gasteiger partial charge in [-0.2, -0.15) is 0 Å². The predicted octanol–water partition coefficient (Wildman–Crippen LogP) is 3.30. The summed E-state index contributed by atoms with van der Waals surface area (Å²) in [4.78, 5) is 8.51. The van der Waals surface area contributed by atoms with Crippen molar-refractivity contribution < 1.29 is 0 Å². The maximum absolute atomic E-state index is 4.26. The van der Waals surface area contributed by atoms with Crippen LogP contribution in [0, 0.1) is 0 Å². The monoisotopic (exact) mass is 206 g/mol. The Labute approximate surface area is 93.6 Å². The minimum Gasteiger partial charge on any atom is -0.237 e. The van der Waals surface area contributed by atoms with Crippen LogP contribution < -0.4 is 0 Å². The first kappa shape index (κ1) is 9.04. The maximum Gasteiger partial charge on any atom is 0.159 e. The van der Waals surface area contributed by atoms with E-state index in [0.29, 0.717) is 0 Å². The lowest BCUT2D eigenvalue weighted by Crippen LogP contribution is -1.86. The first-order valence-corrected chi connectivity index (χ1v) is 5.20. The van der Waals surface area contributed by atoms with Crippen molar-refractivity contribution in [1.29, 1.82) is 0 Å². The van der Waals surface area contributed by atoms with Crippen molar-refractivity contribution in [3.05, 3.63) is 60.9 Å². The van der Waals surface area contributed by atoms with Crippen LogP contribution in [-0.2, 0) is 0 Å². The lowest BCUT2D eigenvalue weighted by molar-refractivity contribution is 1.29. The molecule has 16 heavy (non-hydrogen) atoms. The Morgan fingerprint density at radius 1 is 0.688 bits per heavy atom. The molecule has 0 N–H and O–H groups in total. The quantitative estimate of drug-likeness (QED) is 0.610. The van der Waals surface area contributed by atoms with E-state index in [1.54, 1.807) is 12.4 Å². The topological polar surface area (TPSA) is 25.8 Å². The molecule has 0 aliphatic rings. The Kier molecular flexibility index (Phi) is 2.11. The highest BCUT2D eigenvalue weighted by Gasteiger charge is 2.03. The molecule has 3 aromatic rings. The van der Waals surface area contributed by atoms with Crippen molar-refractivity contribution in [2.45, 2.75) is 0 Å². The van der Waals surface area contributed by atoms with E-state index in [1.165, 1.54) is 11.1 Å². The fraction of sp³-hybridized carbons (Fsp3) is 0. The fourth-order valence-corrected chi connectivity index (χ4v) is 1.85. The Morgan fingerprint density at radius 2 is 1.50 bits per heavy atom. The number of fused-ring (bicyclic) bond motifs is 1. The van der Waals surface area contributed by atoms with Crippen LogP contribution in [0.3, 0.4) is 0 Å². The molecule has 0 aliphatic carbocycles. The highest BCUT2D eigenvalue weighted by molar-refractivity contribution is 5.92. The Hall–Kier alpha value is -2.22. The van der Waals surface area contributed by atoms with Crippen molar-refractivity contribution in [2.24, 2.45) is 0 Å². The van der Waals surface area contributed by atoms with E-state index in [-0.39, 0.29) is 0 Å². The molecule has 0 aliphatic heterocycles. The number of hydrogen-bond donors (Lipinski definition) is 0. The molecule has 3 rings (SSSR count). The van der Waals surface area contributed by atoms with E-state index in [9.17, 15) is 0 Å². The largest absolute Gasteiger partial charge is 0.237 e. The van der Waals surface area contributed by atoms with E-state index in [1.807, 2.05) is 30.3 Å². The predicted molar refractivity (Wildman–Crippen MR) is 65.0 cm³/mol. The Balaban J connectivity index is 2.32. The van der Waals surface area contributed by atoms with E-state index < -0.39 is 0 Å². The van der Waals surface area contributed by atoms with Crippen LogP contribution in [0.25, 0.3) is 22.2 Å². The molecule has 2 heterocycles. The van der Waals surface area contributed by atoms with E-state index in [4.69, 9.17) is 0 Å². The molecule has 0 radical (unpaired) electrons.